The second kappa shape index (κ2) is 28.7. The van der Waals surface area contributed by atoms with Gasteiger partial charge in [0.25, 0.3) is 5.54 Å². The third-order valence-corrected chi connectivity index (χ3v) is 15.5. The van der Waals surface area contributed by atoms with Crippen LogP contribution in [0, 0.1) is 13.1 Å². The van der Waals surface area contributed by atoms with Gasteiger partial charge >= 0.3 is 36.9 Å². The second-order valence-electron chi connectivity index (χ2n) is 21.3. The SMILES string of the molecule is C.[C-]#[N+]C1(CC=C)CC[C@@](CO[C@H](C)c2cc(C(F)(F)F)cc(C(F)(F)F)c2)(c2ccccc2)N(C(=O)OCc2ccccc2)C1.[C-]#[N+]C1CC[C@@](CO[C@H](C)c2cc(C(F)(F)F)cc(C(F)(F)F)c2)(c2ccccc2)N(C(=O)OCc2ccccc2)C1. The number of amides is 2. The van der Waals surface area contributed by atoms with Gasteiger partial charge in [-0.15, -0.1) is 6.58 Å². The molecule has 0 spiro atoms. The number of piperidine rings is 2. The van der Waals surface area contributed by atoms with Gasteiger partial charge in [-0.3, -0.25) is 9.80 Å². The zero-order chi connectivity index (χ0) is 63.4. The molecule has 0 aliphatic carbocycles. The fourth-order valence-electron chi connectivity index (χ4n) is 10.6. The highest BCUT2D eigenvalue weighted by atomic mass is 19.4. The van der Waals surface area contributed by atoms with Crippen molar-refractivity contribution >= 4 is 12.2 Å². The Morgan fingerprint density at radius 1 is 0.568 bits per heavy atom. The van der Waals surface area contributed by atoms with E-state index in [9.17, 15) is 62.3 Å². The molecule has 0 bridgehead atoms. The van der Waals surface area contributed by atoms with Crippen molar-refractivity contribution in [3.8, 4) is 0 Å². The minimum absolute atomic E-state index is 0. The van der Waals surface area contributed by atoms with Crippen molar-refractivity contribution in [2.24, 2.45) is 0 Å². The topological polar surface area (TPSA) is 86.3 Å². The Hall–Kier alpha value is -8.34. The van der Waals surface area contributed by atoms with Gasteiger partial charge in [0.2, 0.25) is 6.04 Å². The van der Waals surface area contributed by atoms with Crippen molar-refractivity contribution in [3.05, 3.63) is 249 Å². The highest BCUT2D eigenvalue weighted by Crippen LogP contribution is 2.47. The molecule has 22 heteroatoms. The predicted molar refractivity (Wildman–Crippen MR) is 304 cm³/mol. The Morgan fingerprint density at radius 3 is 1.28 bits per heavy atom. The Morgan fingerprint density at radius 2 is 0.932 bits per heavy atom. The normalized spacial score (nSPS) is 20.3. The van der Waals surface area contributed by atoms with Crippen molar-refractivity contribution in [1.29, 1.82) is 0 Å². The second-order valence-corrected chi connectivity index (χ2v) is 21.3. The molecular formula is C66H64F12N4O6. The molecule has 2 saturated heterocycles. The fraction of sp³-hybridized carbons (Fsp3) is 0.364. The number of ether oxygens (including phenoxy) is 4. The van der Waals surface area contributed by atoms with E-state index in [-0.39, 0.29) is 89.5 Å². The van der Waals surface area contributed by atoms with E-state index in [2.05, 4.69) is 16.3 Å². The van der Waals surface area contributed by atoms with E-state index in [0.717, 1.165) is 11.1 Å². The standard InChI is InChI=1S/C34H32F6N2O3.C31H28F6N2O3.CH4/c1-4-15-31(41-3)16-17-32(27-13-9-6-10-14-27,42(22-31)30(43)44-21-25-11-7-5-8-12-25)23-45-24(2)26-18-28(33(35,36)37)20-29(19-26)34(38,39)40;1-21(23-15-25(30(32,33)34)17-26(16-23)31(35,36)37)42-20-29(24-11-7-4-8-12-24)14-13-27(38-2)18-39(29)28(40)41-19-22-9-5-3-6-10-22;/h4-14,18-20,24H,1,15-17,21-23H2,2H3;3-12,15-17,21,27H,13-14,18-20H2,1H3;1H4/t24-,31?,32-;21-,27?,29-;/m11./s1. The van der Waals surface area contributed by atoms with E-state index in [0.29, 0.717) is 48.2 Å². The number of rotatable bonds is 16. The van der Waals surface area contributed by atoms with Crippen LogP contribution >= 0.6 is 0 Å². The number of carbonyl (C=O) groups excluding carboxylic acids is 2. The van der Waals surface area contributed by atoms with Crippen LogP contribution in [-0.2, 0) is 67.9 Å². The van der Waals surface area contributed by atoms with Crippen LogP contribution in [0.4, 0.5) is 62.3 Å². The van der Waals surface area contributed by atoms with Gasteiger partial charge in [-0.1, -0.05) is 135 Å². The number of hydrogen-bond donors (Lipinski definition) is 0. The third kappa shape index (κ3) is 16.8. The molecule has 6 aromatic carbocycles. The molecule has 10 nitrogen and oxygen atoms in total. The summed E-state index contributed by atoms with van der Waals surface area (Å²) >= 11 is 0. The largest absolute Gasteiger partial charge is 0.445 e. The van der Waals surface area contributed by atoms with Crippen LogP contribution < -0.4 is 0 Å². The number of halogens is 12. The molecule has 2 heterocycles. The molecule has 0 aromatic heterocycles. The van der Waals surface area contributed by atoms with Crippen molar-refractivity contribution in [1.82, 2.24) is 9.80 Å². The Kier molecular flexibility index (Phi) is 22.4. The van der Waals surface area contributed by atoms with Crippen LogP contribution in [0.25, 0.3) is 9.69 Å². The molecule has 6 atom stereocenters. The zero-order valence-electron chi connectivity index (χ0n) is 47.1. The van der Waals surface area contributed by atoms with E-state index >= 15 is 0 Å². The highest BCUT2D eigenvalue weighted by Gasteiger charge is 2.55. The first-order chi connectivity index (χ1) is 41.1. The van der Waals surface area contributed by atoms with Crippen molar-refractivity contribution in [3.63, 3.8) is 0 Å². The van der Waals surface area contributed by atoms with Gasteiger partial charge in [-0.05, 0) is 96.5 Å². The summed E-state index contributed by atoms with van der Waals surface area (Å²) in [6.07, 6.45) is -20.9. The van der Waals surface area contributed by atoms with Crippen molar-refractivity contribution in [2.75, 3.05) is 26.3 Å². The summed E-state index contributed by atoms with van der Waals surface area (Å²) in [5.41, 5.74) is -7.16. The van der Waals surface area contributed by atoms with Gasteiger partial charge in [0, 0.05) is 19.3 Å². The molecule has 2 unspecified atom stereocenters. The highest BCUT2D eigenvalue weighted by molar-refractivity contribution is 5.71. The lowest BCUT2D eigenvalue weighted by atomic mass is 9.74. The molecule has 2 aliphatic heterocycles. The average Bonchev–Trinajstić information content (AvgIpc) is 1.55. The lowest BCUT2D eigenvalue weighted by molar-refractivity contribution is -0.145. The van der Waals surface area contributed by atoms with E-state index in [4.69, 9.17) is 32.1 Å². The van der Waals surface area contributed by atoms with Gasteiger partial charge in [-0.25, -0.2) is 22.7 Å². The first kappa shape index (κ1) is 68.8. The van der Waals surface area contributed by atoms with Gasteiger partial charge in [-0.2, -0.15) is 52.7 Å². The molecule has 6 aromatic rings. The third-order valence-electron chi connectivity index (χ3n) is 15.5. The summed E-state index contributed by atoms with van der Waals surface area (Å²) < 4.78 is 186. The van der Waals surface area contributed by atoms with Gasteiger partial charge in [0.15, 0.2) is 0 Å². The van der Waals surface area contributed by atoms with Crippen molar-refractivity contribution in [2.45, 2.75) is 126 Å². The summed E-state index contributed by atoms with van der Waals surface area (Å²) in [6.45, 7) is 21.3. The maximum atomic E-state index is 13.9. The van der Waals surface area contributed by atoms with Crippen LogP contribution in [0.1, 0.15) is 121 Å². The van der Waals surface area contributed by atoms with Crippen LogP contribution in [0.3, 0.4) is 0 Å². The van der Waals surface area contributed by atoms with Crippen LogP contribution in [0.5, 0.6) is 0 Å². The van der Waals surface area contributed by atoms with E-state index in [1.165, 1.54) is 23.6 Å². The van der Waals surface area contributed by atoms with E-state index < -0.39 is 94.0 Å². The quantitative estimate of drug-likeness (QED) is 0.0545. The van der Waals surface area contributed by atoms with Gasteiger partial charge in [0.1, 0.15) is 26.3 Å². The van der Waals surface area contributed by atoms with Crippen molar-refractivity contribution < 1.29 is 81.2 Å². The van der Waals surface area contributed by atoms with Crippen LogP contribution in [0.2, 0.25) is 0 Å². The molecule has 0 radical (unpaired) electrons. The number of nitrogens with zero attached hydrogens (tertiary/aromatic N) is 4. The van der Waals surface area contributed by atoms with Gasteiger partial charge < -0.3 is 28.6 Å². The van der Waals surface area contributed by atoms with Gasteiger partial charge in [0.05, 0.1) is 58.8 Å². The Bertz CT molecular complexity index is 3310. The molecule has 468 valence electrons. The molecule has 0 saturated carbocycles. The smallest absolute Gasteiger partial charge is 0.416 e. The molecule has 2 aliphatic rings. The van der Waals surface area contributed by atoms with E-state index in [1.807, 2.05) is 12.1 Å². The first-order valence-electron chi connectivity index (χ1n) is 27.3. The molecule has 8 rings (SSSR count). The number of hydrogen-bond acceptors (Lipinski definition) is 6. The lowest BCUT2D eigenvalue weighted by Gasteiger charge is -2.49. The Balaban J connectivity index is 0.000000278. The Labute approximate surface area is 502 Å². The number of likely N-dealkylation sites (tertiary alicyclic amines) is 2. The summed E-state index contributed by atoms with van der Waals surface area (Å²) in [4.78, 5) is 37.7. The molecule has 88 heavy (non-hydrogen) atoms. The van der Waals surface area contributed by atoms with Crippen LogP contribution in [-0.4, -0.2) is 59.9 Å². The first-order valence-corrected chi connectivity index (χ1v) is 27.3. The average molecular weight is 1240 g/mol. The summed E-state index contributed by atoms with van der Waals surface area (Å²) in [5.74, 6) is 0. The fourth-order valence-corrected chi connectivity index (χ4v) is 10.6. The minimum Gasteiger partial charge on any atom is -0.445 e. The number of carbonyl (C=O) groups is 2. The molecule has 0 N–H and O–H groups in total. The molecule has 2 amide bonds. The molecule has 2 fully saturated rings. The minimum atomic E-state index is -5.02. The predicted octanol–water partition coefficient (Wildman–Crippen LogP) is 18.4. The summed E-state index contributed by atoms with van der Waals surface area (Å²) in [7, 11) is 0. The maximum Gasteiger partial charge on any atom is 0.416 e. The summed E-state index contributed by atoms with van der Waals surface area (Å²) in [5, 5.41) is 0. The number of benzene rings is 6. The summed E-state index contributed by atoms with van der Waals surface area (Å²) in [6, 6.07) is 37.6. The number of alkyl halides is 12. The van der Waals surface area contributed by atoms with E-state index in [1.54, 1.807) is 115 Å². The zero-order valence-corrected chi connectivity index (χ0v) is 47.1. The lowest BCUT2D eigenvalue weighted by Crippen LogP contribution is -2.61. The van der Waals surface area contributed by atoms with Crippen LogP contribution in [0.15, 0.2) is 170 Å². The monoisotopic (exact) mass is 1240 g/mol. The molecular weight excluding hydrogens is 1170 g/mol. The maximum absolute atomic E-state index is 13.9.